The number of benzene rings is 2. The third-order valence-corrected chi connectivity index (χ3v) is 4.70. The van der Waals surface area contributed by atoms with Gasteiger partial charge in [0.1, 0.15) is 0 Å². The highest BCUT2D eigenvalue weighted by Gasteiger charge is 2.15. The maximum absolute atomic E-state index is 12.5. The molecule has 0 aliphatic carbocycles. The normalized spacial score (nSPS) is 11.0. The first-order valence-corrected chi connectivity index (χ1v) is 7.84. The van der Waals surface area contributed by atoms with E-state index in [1.54, 1.807) is 18.3 Å². The van der Waals surface area contributed by atoms with Gasteiger partial charge in [0.15, 0.2) is 5.78 Å². The van der Waals surface area contributed by atoms with Crippen LogP contribution in [0.15, 0.2) is 47.1 Å². The third kappa shape index (κ3) is 2.86. The van der Waals surface area contributed by atoms with Gasteiger partial charge in [0.05, 0.1) is 10.0 Å². The molecular weight excluding hydrogens is 373 g/mol. The molecule has 1 N–H and O–H groups in total. The van der Waals surface area contributed by atoms with E-state index in [1.165, 1.54) is 0 Å². The molecule has 3 aromatic rings. The summed E-state index contributed by atoms with van der Waals surface area (Å²) in [7, 11) is 0. The molecule has 5 heteroatoms. The van der Waals surface area contributed by atoms with Crippen LogP contribution in [0.1, 0.15) is 15.9 Å². The molecule has 0 fully saturated rings. The number of fused-ring (bicyclic) bond motifs is 1. The number of hydrogen-bond acceptors (Lipinski definition) is 1. The largest absolute Gasteiger partial charge is 0.360 e. The van der Waals surface area contributed by atoms with Gasteiger partial charge in [-0.1, -0.05) is 51.3 Å². The summed E-state index contributed by atoms with van der Waals surface area (Å²) in [5.74, 6) is 0.0338. The van der Waals surface area contributed by atoms with Crippen molar-refractivity contribution >= 4 is 55.8 Å². The number of aromatic nitrogens is 1. The van der Waals surface area contributed by atoms with Crippen molar-refractivity contribution < 1.29 is 4.79 Å². The second-order valence-electron chi connectivity index (χ2n) is 4.71. The Bertz CT molecular complexity index is 841. The highest BCUT2D eigenvalue weighted by molar-refractivity contribution is 9.10. The van der Waals surface area contributed by atoms with E-state index in [-0.39, 0.29) is 12.2 Å². The molecule has 0 bridgehead atoms. The average molecular weight is 383 g/mol. The van der Waals surface area contributed by atoms with E-state index < -0.39 is 0 Å². The highest BCUT2D eigenvalue weighted by Crippen LogP contribution is 2.28. The lowest BCUT2D eigenvalue weighted by Crippen LogP contribution is -2.03. The predicted octanol–water partition coefficient (Wildman–Crippen LogP) is 5.66. The Kier molecular flexibility index (Phi) is 4.07. The minimum absolute atomic E-state index is 0.0338. The summed E-state index contributed by atoms with van der Waals surface area (Å²) in [6.45, 7) is 0. The van der Waals surface area contributed by atoms with Gasteiger partial charge in [-0.15, -0.1) is 0 Å². The lowest BCUT2D eigenvalue weighted by atomic mass is 10.0. The molecule has 1 aromatic heterocycles. The zero-order valence-corrected chi connectivity index (χ0v) is 13.9. The van der Waals surface area contributed by atoms with Crippen LogP contribution in [-0.2, 0) is 6.42 Å². The second kappa shape index (κ2) is 5.84. The fourth-order valence-corrected chi connectivity index (χ4v) is 3.19. The van der Waals surface area contributed by atoms with Crippen LogP contribution in [0.5, 0.6) is 0 Å². The summed E-state index contributed by atoms with van der Waals surface area (Å²) in [6, 6.07) is 11.0. The molecule has 2 aromatic carbocycles. The molecule has 0 saturated carbocycles. The Hall–Kier alpha value is -1.29. The maximum Gasteiger partial charge on any atom is 0.169 e. The molecule has 0 atom stereocenters. The molecule has 0 radical (unpaired) electrons. The number of halogens is 3. The Morgan fingerprint density at radius 2 is 1.95 bits per heavy atom. The number of ketones is 1. The van der Waals surface area contributed by atoms with Crippen molar-refractivity contribution in [2.24, 2.45) is 0 Å². The number of aromatic amines is 1. The van der Waals surface area contributed by atoms with E-state index in [0.717, 1.165) is 20.9 Å². The Balaban J connectivity index is 1.95. The zero-order valence-electron chi connectivity index (χ0n) is 10.8. The zero-order chi connectivity index (χ0) is 15.0. The Labute approximate surface area is 140 Å². The fraction of sp³-hybridized carbons (Fsp3) is 0.0625. The van der Waals surface area contributed by atoms with Gasteiger partial charge in [-0.2, -0.15) is 0 Å². The number of Topliss-reactive ketones (excluding diaryl/α,β-unsaturated/α-hetero) is 1. The lowest BCUT2D eigenvalue weighted by Gasteiger charge is -2.03. The van der Waals surface area contributed by atoms with Crippen LogP contribution in [0, 0.1) is 0 Å². The highest BCUT2D eigenvalue weighted by atomic mass is 79.9. The summed E-state index contributed by atoms with van der Waals surface area (Å²) in [4.78, 5) is 15.6. The topological polar surface area (TPSA) is 32.9 Å². The number of nitrogens with one attached hydrogen (secondary N) is 1. The first-order chi connectivity index (χ1) is 10.1. The molecule has 21 heavy (non-hydrogen) atoms. The number of H-pyrrole nitrogens is 1. The Morgan fingerprint density at radius 3 is 2.71 bits per heavy atom. The van der Waals surface area contributed by atoms with E-state index in [0.29, 0.717) is 15.6 Å². The molecule has 2 nitrogen and oxygen atoms in total. The molecular formula is C16H10BrCl2NO. The van der Waals surface area contributed by atoms with E-state index in [4.69, 9.17) is 23.2 Å². The molecule has 106 valence electrons. The third-order valence-electron chi connectivity index (χ3n) is 3.30. The van der Waals surface area contributed by atoms with Crippen LogP contribution >= 0.6 is 39.1 Å². The van der Waals surface area contributed by atoms with E-state index in [2.05, 4.69) is 20.9 Å². The predicted molar refractivity (Wildman–Crippen MR) is 90.5 cm³/mol. The van der Waals surface area contributed by atoms with Crippen LogP contribution in [-0.4, -0.2) is 10.8 Å². The summed E-state index contributed by atoms with van der Waals surface area (Å²) < 4.78 is 0.902. The van der Waals surface area contributed by atoms with Crippen molar-refractivity contribution in [2.45, 2.75) is 6.42 Å². The van der Waals surface area contributed by atoms with Crippen LogP contribution in [0.4, 0.5) is 0 Å². The second-order valence-corrected chi connectivity index (χ2v) is 6.38. The average Bonchev–Trinajstić information content (AvgIpc) is 2.88. The molecule has 0 saturated heterocycles. The maximum atomic E-state index is 12.5. The molecule has 0 aliphatic rings. The van der Waals surface area contributed by atoms with Gasteiger partial charge in [-0.05, 0) is 29.8 Å². The van der Waals surface area contributed by atoms with Crippen LogP contribution in [0.25, 0.3) is 10.9 Å². The smallest absolute Gasteiger partial charge is 0.169 e. The molecule has 1 heterocycles. The van der Waals surface area contributed by atoms with Crippen molar-refractivity contribution in [1.82, 2.24) is 4.98 Å². The van der Waals surface area contributed by atoms with Crippen LogP contribution in [0.2, 0.25) is 10.0 Å². The number of rotatable bonds is 3. The first-order valence-electron chi connectivity index (χ1n) is 6.29. The van der Waals surface area contributed by atoms with Crippen molar-refractivity contribution in [3.63, 3.8) is 0 Å². The standard InChI is InChI=1S/C16H10BrCl2NO/c17-11-2-1-3-14-16(11)10(8-20-14)15(21)7-9-4-5-12(18)13(19)6-9/h1-6,8,20H,7H2. The number of carbonyl (C=O) groups excluding carboxylic acids is 1. The number of hydrogen-bond donors (Lipinski definition) is 1. The van der Waals surface area contributed by atoms with Crippen molar-refractivity contribution in [3.8, 4) is 0 Å². The summed E-state index contributed by atoms with van der Waals surface area (Å²) in [6.07, 6.45) is 2.03. The van der Waals surface area contributed by atoms with Gasteiger partial charge < -0.3 is 4.98 Å². The fourth-order valence-electron chi connectivity index (χ4n) is 2.29. The quantitative estimate of drug-likeness (QED) is 0.582. The Morgan fingerprint density at radius 1 is 1.14 bits per heavy atom. The summed E-state index contributed by atoms with van der Waals surface area (Å²) >= 11 is 15.4. The van der Waals surface area contributed by atoms with E-state index in [9.17, 15) is 4.79 Å². The monoisotopic (exact) mass is 381 g/mol. The SMILES string of the molecule is O=C(Cc1ccc(Cl)c(Cl)c1)c1c[nH]c2cccc(Br)c12. The van der Waals surface area contributed by atoms with E-state index in [1.807, 2.05) is 24.3 Å². The molecule has 0 amide bonds. The van der Waals surface area contributed by atoms with Gasteiger partial charge in [0.2, 0.25) is 0 Å². The van der Waals surface area contributed by atoms with Crippen molar-refractivity contribution in [1.29, 1.82) is 0 Å². The molecule has 3 rings (SSSR count). The van der Waals surface area contributed by atoms with Gasteiger partial charge in [0, 0.05) is 33.6 Å². The van der Waals surface area contributed by atoms with E-state index >= 15 is 0 Å². The van der Waals surface area contributed by atoms with Gasteiger partial charge in [0.25, 0.3) is 0 Å². The van der Waals surface area contributed by atoms with Gasteiger partial charge >= 0.3 is 0 Å². The molecule has 0 aliphatic heterocycles. The van der Waals surface area contributed by atoms with Gasteiger partial charge in [-0.3, -0.25) is 4.79 Å². The lowest BCUT2D eigenvalue weighted by molar-refractivity contribution is 0.0994. The molecule has 0 spiro atoms. The summed E-state index contributed by atoms with van der Waals surface area (Å²) in [5.41, 5.74) is 2.45. The van der Waals surface area contributed by atoms with Crippen LogP contribution < -0.4 is 0 Å². The minimum atomic E-state index is 0.0338. The van der Waals surface area contributed by atoms with Crippen molar-refractivity contribution in [3.05, 3.63) is 68.2 Å². The molecule has 0 unspecified atom stereocenters. The minimum Gasteiger partial charge on any atom is -0.360 e. The van der Waals surface area contributed by atoms with Crippen LogP contribution in [0.3, 0.4) is 0 Å². The number of carbonyl (C=O) groups is 1. The summed E-state index contributed by atoms with van der Waals surface area (Å²) in [5, 5.41) is 1.85. The van der Waals surface area contributed by atoms with Crippen molar-refractivity contribution in [2.75, 3.05) is 0 Å². The first kappa shape index (κ1) is 14.6. The van der Waals surface area contributed by atoms with Gasteiger partial charge in [-0.25, -0.2) is 0 Å².